The third kappa shape index (κ3) is 3.33. The lowest BCUT2D eigenvalue weighted by molar-refractivity contribution is 0.490. The van der Waals surface area contributed by atoms with Crippen molar-refractivity contribution < 1.29 is 4.42 Å². The van der Waals surface area contributed by atoms with Crippen molar-refractivity contribution in [3.05, 3.63) is 111 Å². The predicted octanol–water partition coefficient (Wildman–Crippen LogP) is 3.60. The lowest BCUT2D eigenvalue weighted by atomic mass is 10.1. The van der Waals surface area contributed by atoms with Crippen LogP contribution in [-0.2, 0) is 19.5 Å². The van der Waals surface area contributed by atoms with Gasteiger partial charge in [0.2, 0.25) is 0 Å². The van der Waals surface area contributed by atoms with E-state index in [0.717, 1.165) is 6.42 Å². The first-order valence-corrected chi connectivity index (χ1v) is 9.79. The van der Waals surface area contributed by atoms with E-state index in [2.05, 4.69) is 4.98 Å². The number of rotatable bonds is 5. The summed E-state index contributed by atoms with van der Waals surface area (Å²) in [5.74, 6) is 0.688. The van der Waals surface area contributed by atoms with Crippen molar-refractivity contribution in [3.63, 3.8) is 0 Å². The number of hydrogen-bond acceptors (Lipinski definition) is 4. The Labute approximate surface area is 171 Å². The van der Waals surface area contributed by atoms with Gasteiger partial charge in [0, 0.05) is 18.9 Å². The molecule has 0 unspecified atom stereocenters. The molecule has 6 heteroatoms. The molecule has 0 saturated heterocycles. The number of benzene rings is 1. The van der Waals surface area contributed by atoms with Gasteiger partial charge < -0.3 is 13.6 Å². The van der Waals surface area contributed by atoms with Crippen LogP contribution in [0.5, 0.6) is 0 Å². The third-order valence-electron chi connectivity index (χ3n) is 5.28. The fourth-order valence-corrected chi connectivity index (χ4v) is 3.67. The molecule has 0 fully saturated rings. The molecule has 0 aliphatic rings. The van der Waals surface area contributed by atoms with Gasteiger partial charge in [0.25, 0.3) is 11.1 Å². The minimum Gasteiger partial charge on any atom is -0.467 e. The molecule has 0 radical (unpaired) electrons. The number of aromatic nitrogens is 3. The van der Waals surface area contributed by atoms with E-state index in [1.54, 1.807) is 46.0 Å². The Balaban J connectivity index is 1.56. The summed E-state index contributed by atoms with van der Waals surface area (Å²) in [6.07, 6.45) is 5.80. The molecule has 148 valence electrons. The van der Waals surface area contributed by atoms with Gasteiger partial charge >= 0.3 is 0 Å². The van der Waals surface area contributed by atoms with Gasteiger partial charge in [-0.15, -0.1) is 0 Å². The van der Waals surface area contributed by atoms with Gasteiger partial charge in [0.1, 0.15) is 5.76 Å². The standard InChI is InChI=1S/C24H19N3O3/c28-23-19-15-20-22(10-13-27(24(20)29)16-18-7-4-14-30-18)25-21(19)9-12-26(23)11-8-17-5-2-1-3-6-17/h1-7,9-10,12-15H,8,11,16H2. The van der Waals surface area contributed by atoms with Gasteiger partial charge in [-0.1, -0.05) is 30.3 Å². The van der Waals surface area contributed by atoms with E-state index in [4.69, 9.17) is 4.42 Å². The maximum atomic E-state index is 13.0. The highest BCUT2D eigenvalue weighted by Gasteiger charge is 2.11. The highest BCUT2D eigenvalue weighted by molar-refractivity contribution is 5.91. The quantitative estimate of drug-likeness (QED) is 0.425. The maximum absolute atomic E-state index is 13.0. The number of aryl methyl sites for hydroxylation is 2. The highest BCUT2D eigenvalue weighted by Crippen LogP contribution is 2.15. The summed E-state index contributed by atoms with van der Waals surface area (Å²) in [7, 11) is 0. The lowest BCUT2D eigenvalue weighted by Crippen LogP contribution is -2.23. The van der Waals surface area contributed by atoms with Gasteiger partial charge in [0.15, 0.2) is 0 Å². The maximum Gasteiger partial charge on any atom is 0.260 e. The van der Waals surface area contributed by atoms with Crippen LogP contribution in [0.25, 0.3) is 21.8 Å². The van der Waals surface area contributed by atoms with Crippen LogP contribution in [0.4, 0.5) is 0 Å². The second-order valence-electron chi connectivity index (χ2n) is 7.23. The lowest BCUT2D eigenvalue weighted by Gasteiger charge is -2.09. The fraction of sp³-hybridized carbons (Fsp3) is 0.125. The summed E-state index contributed by atoms with van der Waals surface area (Å²) < 4.78 is 8.58. The van der Waals surface area contributed by atoms with Crippen molar-refractivity contribution in [2.45, 2.75) is 19.5 Å². The molecule has 1 aromatic carbocycles. The molecule has 0 N–H and O–H groups in total. The van der Waals surface area contributed by atoms with Crippen LogP contribution >= 0.6 is 0 Å². The van der Waals surface area contributed by atoms with E-state index in [9.17, 15) is 9.59 Å². The number of pyridine rings is 3. The molecule has 0 atom stereocenters. The van der Waals surface area contributed by atoms with Crippen molar-refractivity contribution in [1.82, 2.24) is 14.1 Å². The number of furan rings is 1. The van der Waals surface area contributed by atoms with E-state index >= 15 is 0 Å². The second-order valence-corrected chi connectivity index (χ2v) is 7.23. The minimum absolute atomic E-state index is 0.140. The van der Waals surface area contributed by atoms with Gasteiger partial charge in [-0.3, -0.25) is 9.59 Å². The molecule has 5 aromatic rings. The fourth-order valence-electron chi connectivity index (χ4n) is 3.67. The van der Waals surface area contributed by atoms with Crippen LogP contribution in [0, 0.1) is 0 Å². The summed E-state index contributed by atoms with van der Waals surface area (Å²) >= 11 is 0. The smallest absolute Gasteiger partial charge is 0.260 e. The Morgan fingerprint density at radius 2 is 1.50 bits per heavy atom. The van der Waals surface area contributed by atoms with Crippen LogP contribution in [0.3, 0.4) is 0 Å². The minimum atomic E-state index is -0.197. The van der Waals surface area contributed by atoms with E-state index in [0.29, 0.717) is 40.7 Å². The Bertz CT molecular complexity index is 1450. The largest absolute Gasteiger partial charge is 0.467 e. The molecule has 0 saturated carbocycles. The summed E-state index contributed by atoms with van der Waals surface area (Å²) in [6.45, 7) is 0.893. The molecule has 4 heterocycles. The zero-order valence-corrected chi connectivity index (χ0v) is 16.2. The number of nitrogens with zero attached hydrogens (tertiary/aromatic N) is 3. The van der Waals surface area contributed by atoms with Crippen molar-refractivity contribution in [2.75, 3.05) is 0 Å². The van der Waals surface area contributed by atoms with E-state index < -0.39 is 0 Å². The van der Waals surface area contributed by atoms with Crippen LogP contribution in [0.2, 0.25) is 0 Å². The molecule has 0 spiro atoms. The molecule has 6 nitrogen and oxygen atoms in total. The van der Waals surface area contributed by atoms with Crippen LogP contribution in [0.15, 0.2) is 93.3 Å². The Morgan fingerprint density at radius 3 is 2.20 bits per heavy atom. The zero-order valence-electron chi connectivity index (χ0n) is 16.2. The van der Waals surface area contributed by atoms with Crippen molar-refractivity contribution >= 4 is 21.8 Å². The molecule has 0 aliphatic heterocycles. The Morgan fingerprint density at radius 1 is 0.800 bits per heavy atom. The number of fused-ring (bicyclic) bond motifs is 2. The van der Waals surface area contributed by atoms with Crippen LogP contribution < -0.4 is 11.1 Å². The van der Waals surface area contributed by atoms with Crippen molar-refractivity contribution in [2.24, 2.45) is 0 Å². The summed E-state index contributed by atoms with van der Waals surface area (Å²) in [5, 5.41) is 0.875. The first-order valence-electron chi connectivity index (χ1n) is 9.79. The van der Waals surface area contributed by atoms with Crippen LogP contribution in [0.1, 0.15) is 11.3 Å². The van der Waals surface area contributed by atoms with Crippen molar-refractivity contribution in [1.29, 1.82) is 0 Å². The van der Waals surface area contributed by atoms with Crippen LogP contribution in [-0.4, -0.2) is 14.1 Å². The summed E-state index contributed by atoms with van der Waals surface area (Å²) in [6, 6.07) is 18.9. The molecule has 0 aliphatic carbocycles. The predicted molar refractivity (Wildman–Crippen MR) is 116 cm³/mol. The number of hydrogen-bond donors (Lipinski definition) is 0. The van der Waals surface area contributed by atoms with Gasteiger partial charge in [-0.05, 0) is 42.3 Å². The van der Waals surface area contributed by atoms with Gasteiger partial charge in [0.05, 0.1) is 34.6 Å². The summed E-state index contributed by atoms with van der Waals surface area (Å²) in [5.41, 5.74) is 1.99. The average molecular weight is 397 g/mol. The van der Waals surface area contributed by atoms with Crippen molar-refractivity contribution in [3.8, 4) is 0 Å². The SMILES string of the molecule is O=c1c2cc3c(=O)n(Cc4ccco4)ccc3nc2ccn1CCc1ccccc1. The van der Waals surface area contributed by atoms with E-state index in [-0.39, 0.29) is 11.1 Å². The van der Waals surface area contributed by atoms with Gasteiger partial charge in [-0.25, -0.2) is 4.98 Å². The van der Waals surface area contributed by atoms with E-state index in [1.165, 1.54) is 5.56 Å². The topological polar surface area (TPSA) is 70.0 Å². The monoisotopic (exact) mass is 397 g/mol. The molecule has 0 amide bonds. The Hall–Kier alpha value is -3.93. The third-order valence-corrected chi connectivity index (χ3v) is 5.28. The molecule has 5 rings (SSSR count). The first kappa shape index (κ1) is 18.1. The highest BCUT2D eigenvalue weighted by atomic mass is 16.3. The summed E-state index contributed by atoms with van der Waals surface area (Å²) in [4.78, 5) is 30.6. The molecule has 30 heavy (non-hydrogen) atoms. The normalized spacial score (nSPS) is 11.3. The molecular formula is C24H19N3O3. The Kier molecular flexibility index (Phi) is 4.52. The average Bonchev–Trinajstić information content (AvgIpc) is 3.29. The molecular weight excluding hydrogens is 378 g/mol. The van der Waals surface area contributed by atoms with Gasteiger partial charge in [-0.2, -0.15) is 0 Å². The zero-order chi connectivity index (χ0) is 20.5. The molecule has 4 aromatic heterocycles. The first-order chi connectivity index (χ1) is 14.7. The van der Waals surface area contributed by atoms with E-state index in [1.807, 2.05) is 42.5 Å². The second kappa shape index (κ2) is 7.48. The molecule has 0 bridgehead atoms.